The molecule has 0 radical (unpaired) electrons. The van der Waals surface area contributed by atoms with E-state index in [0.29, 0.717) is 18.4 Å². The fourth-order valence-corrected chi connectivity index (χ4v) is 3.04. The molecule has 0 saturated heterocycles. The van der Waals surface area contributed by atoms with E-state index in [-0.39, 0.29) is 6.61 Å². The molecule has 0 saturated carbocycles. The Morgan fingerprint density at radius 3 is 1.76 bits per heavy atom. The van der Waals surface area contributed by atoms with E-state index < -0.39 is 17.9 Å². The predicted molar refractivity (Wildman–Crippen MR) is 137 cm³/mol. The second-order valence-corrected chi connectivity index (χ2v) is 8.43. The fourth-order valence-electron chi connectivity index (χ4n) is 3.04. The van der Waals surface area contributed by atoms with E-state index >= 15 is 0 Å². The van der Waals surface area contributed by atoms with Crippen molar-refractivity contribution in [1.82, 2.24) is 0 Å². The van der Waals surface area contributed by atoms with Crippen LogP contribution >= 0.6 is 0 Å². The van der Waals surface area contributed by atoms with Crippen molar-refractivity contribution in [2.24, 2.45) is 0 Å². The molecule has 6 heteroatoms. The van der Waals surface area contributed by atoms with Gasteiger partial charge in [0.1, 0.15) is 0 Å². The summed E-state index contributed by atoms with van der Waals surface area (Å²) in [6.45, 7) is 11.3. The highest BCUT2D eigenvalue weighted by Gasteiger charge is 2.33. The van der Waals surface area contributed by atoms with Gasteiger partial charge >= 0.3 is 17.9 Å². The van der Waals surface area contributed by atoms with Gasteiger partial charge in [0, 0.05) is 18.2 Å². The first-order chi connectivity index (χ1) is 16.0. The molecule has 0 heterocycles. The summed E-state index contributed by atoms with van der Waals surface area (Å²) in [7, 11) is 0. The molecule has 0 aromatic rings. The van der Waals surface area contributed by atoms with Gasteiger partial charge in [-0.1, -0.05) is 47.1 Å². The average molecular weight is 475 g/mol. The topological polar surface area (TPSA) is 93.1 Å². The maximum Gasteiger partial charge on any atom is 0.396 e. The number of rotatable bonds is 15. The maximum atomic E-state index is 11.8. The highest BCUT2D eigenvalue weighted by molar-refractivity contribution is 5.84. The molecule has 0 aromatic carbocycles. The summed E-state index contributed by atoms with van der Waals surface area (Å²) in [5, 5.41) is 20.3. The van der Waals surface area contributed by atoms with Crippen molar-refractivity contribution >= 4 is 11.9 Å². The minimum Gasteiger partial charge on any atom is -0.392 e. The number of allylic oxidation sites excluding steroid dienone is 8. The number of hydrogen-bond donors (Lipinski definition) is 2. The Morgan fingerprint density at radius 2 is 1.26 bits per heavy atom. The molecule has 0 aliphatic heterocycles. The quantitative estimate of drug-likeness (QED) is 0.131. The zero-order chi connectivity index (χ0) is 26.0. The third kappa shape index (κ3) is 16.0. The van der Waals surface area contributed by atoms with E-state index in [1.807, 2.05) is 6.08 Å². The minimum absolute atomic E-state index is 0.0146. The lowest BCUT2D eigenvalue weighted by molar-refractivity contribution is -0.291. The fraction of sp³-hybridized carbons (Fsp3) is 0.500. The minimum atomic E-state index is -2.51. The zero-order valence-corrected chi connectivity index (χ0v) is 21.6. The second kappa shape index (κ2) is 17.7. The molecule has 0 bridgehead atoms. The van der Waals surface area contributed by atoms with Crippen LogP contribution in [0.15, 0.2) is 70.9 Å². The van der Waals surface area contributed by atoms with Crippen LogP contribution in [-0.4, -0.2) is 34.7 Å². The molecule has 0 spiro atoms. The summed E-state index contributed by atoms with van der Waals surface area (Å²) in [5.74, 6) is -4.18. The zero-order valence-electron chi connectivity index (χ0n) is 21.6. The second-order valence-electron chi connectivity index (χ2n) is 8.43. The van der Waals surface area contributed by atoms with Crippen molar-refractivity contribution in [2.45, 2.75) is 86.0 Å². The number of hydrogen-bond acceptors (Lipinski definition) is 6. The van der Waals surface area contributed by atoms with Crippen LogP contribution in [0.3, 0.4) is 0 Å². The predicted octanol–water partition coefficient (Wildman–Crippen LogP) is 5.99. The van der Waals surface area contributed by atoms with Crippen LogP contribution in [0.5, 0.6) is 0 Å². The van der Waals surface area contributed by atoms with Gasteiger partial charge in [-0.3, -0.25) is 0 Å². The van der Waals surface area contributed by atoms with Crippen molar-refractivity contribution in [3.05, 3.63) is 70.9 Å². The molecule has 0 aliphatic rings. The summed E-state index contributed by atoms with van der Waals surface area (Å²) < 4.78 is 9.88. The maximum absolute atomic E-state index is 11.8. The van der Waals surface area contributed by atoms with E-state index in [1.54, 1.807) is 20.8 Å². The molecule has 0 rings (SSSR count). The molecule has 0 atom stereocenters. The number of ether oxygens (including phenoxy) is 2. The molecule has 0 fully saturated rings. The van der Waals surface area contributed by atoms with Crippen LogP contribution in [0.1, 0.15) is 80.1 Å². The molecule has 0 amide bonds. The van der Waals surface area contributed by atoms with Crippen molar-refractivity contribution in [1.29, 1.82) is 0 Å². The van der Waals surface area contributed by atoms with Gasteiger partial charge in [-0.2, -0.15) is 0 Å². The Bertz CT molecular complexity index is 794. The van der Waals surface area contributed by atoms with Gasteiger partial charge in [0.2, 0.25) is 0 Å². The van der Waals surface area contributed by atoms with Crippen LogP contribution < -0.4 is 0 Å². The SMILES string of the molecule is C/C=C/C(=O)OC(O)(/C=C(\C)CC/C=C(\CO)CC/C=C(\C)CCC=C(C)C)OC(=O)/C=C/C. The van der Waals surface area contributed by atoms with Crippen LogP contribution in [0.4, 0.5) is 0 Å². The van der Waals surface area contributed by atoms with Crippen molar-refractivity contribution in [3.8, 4) is 0 Å². The number of esters is 2. The van der Waals surface area contributed by atoms with Crippen molar-refractivity contribution in [2.75, 3.05) is 6.61 Å². The molecule has 0 aromatic heterocycles. The number of carbonyl (C=O) groups is 2. The highest BCUT2D eigenvalue weighted by Crippen LogP contribution is 2.19. The normalized spacial score (nSPS) is 13.5. The van der Waals surface area contributed by atoms with E-state index in [4.69, 9.17) is 9.47 Å². The molecular formula is C28H42O6. The van der Waals surface area contributed by atoms with Gasteiger partial charge in [-0.15, -0.1) is 0 Å². The molecule has 0 aliphatic carbocycles. The van der Waals surface area contributed by atoms with Crippen molar-refractivity contribution < 1.29 is 29.3 Å². The molecule has 2 N–H and O–H groups in total. The Balaban J connectivity index is 5.03. The lowest BCUT2D eigenvalue weighted by Crippen LogP contribution is -2.37. The van der Waals surface area contributed by atoms with Gasteiger partial charge in [0.05, 0.1) is 6.61 Å². The number of aliphatic hydroxyl groups excluding tert-OH is 1. The molecule has 6 nitrogen and oxygen atoms in total. The summed E-state index contributed by atoms with van der Waals surface area (Å²) in [6.07, 6.45) is 17.6. The van der Waals surface area contributed by atoms with Gasteiger partial charge in [-0.25, -0.2) is 9.59 Å². The first kappa shape index (κ1) is 31.3. The Kier molecular flexibility index (Phi) is 16.3. The number of aliphatic hydroxyl groups is 2. The molecule has 190 valence electrons. The van der Waals surface area contributed by atoms with Crippen LogP contribution in [0, 0.1) is 0 Å². The summed E-state index contributed by atoms with van der Waals surface area (Å²) >= 11 is 0. The standard InChI is InChI=1S/C28H42O6/c1-7-12-26(30)33-28(32,34-27(31)13-8-2)20-24(6)17-11-19-25(21-29)18-10-16-23(5)15-9-14-22(3)4/h7-8,12-14,16,19-20,29,32H,9-11,15,17-18,21H2,1-6H3/b12-7+,13-8+,23-16+,24-20+,25-19-. The summed E-state index contributed by atoms with van der Waals surface area (Å²) in [5.41, 5.74) is 4.27. The van der Waals surface area contributed by atoms with Crippen molar-refractivity contribution in [3.63, 3.8) is 0 Å². The smallest absolute Gasteiger partial charge is 0.392 e. The molecule has 34 heavy (non-hydrogen) atoms. The molecule has 0 unspecified atom stereocenters. The Morgan fingerprint density at radius 1 is 0.765 bits per heavy atom. The summed E-state index contributed by atoms with van der Waals surface area (Å²) in [4.78, 5) is 23.6. The third-order valence-corrected chi connectivity index (χ3v) is 4.75. The lowest BCUT2D eigenvalue weighted by atomic mass is 10.0. The Hall–Kier alpha value is -2.70. The van der Waals surface area contributed by atoms with Crippen LogP contribution in [-0.2, 0) is 19.1 Å². The third-order valence-electron chi connectivity index (χ3n) is 4.75. The average Bonchev–Trinajstić information content (AvgIpc) is 2.72. The highest BCUT2D eigenvalue weighted by atomic mass is 16.8. The monoisotopic (exact) mass is 474 g/mol. The molecular weight excluding hydrogens is 432 g/mol. The van der Waals surface area contributed by atoms with Crippen LogP contribution in [0.25, 0.3) is 0 Å². The Labute approximate surface area is 205 Å². The largest absolute Gasteiger partial charge is 0.396 e. The lowest BCUT2D eigenvalue weighted by Gasteiger charge is -2.23. The van der Waals surface area contributed by atoms with Gasteiger partial charge in [0.15, 0.2) is 0 Å². The van der Waals surface area contributed by atoms with E-state index in [2.05, 4.69) is 32.9 Å². The first-order valence-corrected chi connectivity index (χ1v) is 11.7. The van der Waals surface area contributed by atoms with Crippen LogP contribution in [0.2, 0.25) is 0 Å². The van der Waals surface area contributed by atoms with E-state index in [1.165, 1.54) is 29.4 Å². The van der Waals surface area contributed by atoms with Gasteiger partial charge in [0.25, 0.3) is 0 Å². The van der Waals surface area contributed by atoms with E-state index in [9.17, 15) is 19.8 Å². The van der Waals surface area contributed by atoms with E-state index in [0.717, 1.165) is 43.4 Å². The number of carbonyl (C=O) groups excluding carboxylic acids is 2. The summed E-state index contributed by atoms with van der Waals surface area (Å²) in [6, 6.07) is 0. The van der Waals surface area contributed by atoms with Gasteiger partial charge in [-0.05, 0) is 85.6 Å². The first-order valence-electron chi connectivity index (χ1n) is 11.7. The van der Waals surface area contributed by atoms with Gasteiger partial charge < -0.3 is 19.7 Å².